The zero-order valence-electron chi connectivity index (χ0n) is 18.8. The van der Waals surface area contributed by atoms with Crippen molar-refractivity contribution in [2.24, 2.45) is 11.3 Å². The summed E-state index contributed by atoms with van der Waals surface area (Å²) in [5, 5.41) is 12.2. The summed E-state index contributed by atoms with van der Waals surface area (Å²) in [6.07, 6.45) is 1.52. The molecule has 3 aliphatic carbocycles. The summed E-state index contributed by atoms with van der Waals surface area (Å²) in [7, 11) is 1.54. The molecule has 0 aromatic heterocycles. The molecular formula is C26H28N2O5. The molecule has 0 radical (unpaired) electrons. The van der Waals surface area contributed by atoms with Crippen LogP contribution in [0.2, 0.25) is 0 Å². The lowest BCUT2D eigenvalue weighted by Crippen LogP contribution is -2.45. The number of hydrogen-bond donors (Lipinski definition) is 2. The molecule has 7 heteroatoms. The second-order valence-electron chi connectivity index (χ2n) is 9.59. The third-order valence-corrected chi connectivity index (χ3v) is 7.76. The third-order valence-electron chi connectivity index (χ3n) is 7.76. The Kier molecular flexibility index (Phi) is 5.15. The van der Waals surface area contributed by atoms with Crippen molar-refractivity contribution >= 4 is 18.0 Å². The van der Waals surface area contributed by atoms with Gasteiger partial charge in [-0.1, -0.05) is 48.5 Å². The first-order valence-electron chi connectivity index (χ1n) is 11.4. The molecule has 0 spiro atoms. The zero-order valence-corrected chi connectivity index (χ0v) is 18.8. The minimum atomic E-state index is -1.02. The Morgan fingerprint density at radius 3 is 2.30 bits per heavy atom. The summed E-state index contributed by atoms with van der Waals surface area (Å²) in [5.74, 6) is -0.975. The van der Waals surface area contributed by atoms with E-state index in [1.54, 1.807) is 0 Å². The summed E-state index contributed by atoms with van der Waals surface area (Å²) in [6, 6.07) is 15.4. The smallest absolute Gasteiger partial charge is 0.407 e. The Hall–Kier alpha value is -3.35. The van der Waals surface area contributed by atoms with E-state index in [9.17, 15) is 19.5 Å². The first-order chi connectivity index (χ1) is 15.8. The Balaban J connectivity index is 1.19. The number of aliphatic carboxylic acids is 1. The normalized spacial score (nSPS) is 25.4. The van der Waals surface area contributed by atoms with Gasteiger partial charge in [-0.3, -0.25) is 4.79 Å². The van der Waals surface area contributed by atoms with Crippen molar-refractivity contribution in [2.45, 2.75) is 44.2 Å². The molecule has 0 bridgehead atoms. The Labute approximate surface area is 192 Å². The largest absolute Gasteiger partial charge is 0.480 e. The van der Waals surface area contributed by atoms with Crippen LogP contribution in [0.3, 0.4) is 0 Å². The van der Waals surface area contributed by atoms with Crippen LogP contribution in [0, 0.1) is 11.3 Å². The first-order valence-corrected chi connectivity index (χ1v) is 11.4. The number of alkyl carbamates (subject to hydrolysis) is 1. The first kappa shape index (κ1) is 21.5. The second-order valence-corrected chi connectivity index (χ2v) is 9.59. The molecule has 3 aliphatic rings. The monoisotopic (exact) mass is 448 g/mol. The molecule has 0 aliphatic heterocycles. The molecule has 2 fully saturated rings. The van der Waals surface area contributed by atoms with Gasteiger partial charge in [0.05, 0.1) is 5.41 Å². The van der Waals surface area contributed by atoms with Crippen LogP contribution >= 0.6 is 0 Å². The van der Waals surface area contributed by atoms with Crippen molar-refractivity contribution < 1.29 is 24.2 Å². The summed E-state index contributed by atoms with van der Waals surface area (Å²) in [5.41, 5.74) is 4.14. The molecule has 2 saturated carbocycles. The van der Waals surface area contributed by atoms with E-state index in [1.807, 2.05) is 24.3 Å². The summed E-state index contributed by atoms with van der Waals surface area (Å²) >= 11 is 0. The standard InChI is InChI=1S/C26H28N2O5/c1-15(23(29)30)28(2)24(31)26-12-16(26)11-17(13-26)27-25(32)33-14-22-20-9-5-3-7-18(20)19-8-4-6-10-21(19)22/h3-10,15-17,22H,11-14H2,1-2H3,(H,27,32)(H,29,30). The number of carboxylic acid groups (broad SMARTS) is 1. The number of carboxylic acids is 1. The molecule has 0 saturated heterocycles. The van der Waals surface area contributed by atoms with Crippen LogP contribution < -0.4 is 5.32 Å². The number of ether oxygens (including phenoxy) is 1. The molecule has 4 atom stereocenters. The van der Waals surface area contributed by atoms with Crippen LogP contribution in [-0.4, -0.2) is 53.7 Å². The minimum absolute atomic E-state index is 0.000735. The van der Waals surface area contributed by atoms with Crippen LogP contribution in [0.1, 0.15) is 43.2 Å². The predicted octanol–water partition coefficient (Wildman–Crippen LogP) is 3.63. The summed E-state index contributed by atoms with van der Waals surface area (Å²) in [4.78, 5) is 38.1. The second kappa shape index (κ2) is 7.90. The summed E-state index contributed by atoms with van der Waals surface area (Å²) in [6.45, 7) is 1.76. The highest BCUT2D eigenvalue weighted by molar-refractivity contribution is 5.90. The fourth-order valence-electron chi connectivity index (χ4n) is 5.76. The number of nitrogens with zero attached hydrogens (tertiary/aromatic N) is 1. The van der Waals surface area contributed by atoms with E-state index in [0.29, 0.717) is 12.8 Å². The molecule has 2 amide bonds. The third kappa shape index (κ3) is 3.56. The lowest BCUT2D eigenvalue weighted by molar-refractivity contribution is -0.150. The van der Waals surface area contributed by atoms with Gasteiger partial charge in [-0.15, -0.1) is 0 Å². The predicted molar refractivity (Wildman–Crippen MR) is 122 cm³/mol. The molecular weight excluding hydrogens is 420 g/mol. The average molecular weight is 449 g/mol. The molecule has 172 valence electrons. The number of rotatable bonds is 6. The van der Waals surface area contributed by atoms with Crippen molar-refractivity contribution in [1.29, 1.82) is 0 Å². The highest BCUT2D eigenvalue weighted by atomic mass is 16.5. The number of benzene rings is 2. The number of fused-ring (bicyclic) bond motifs is 4. The molecule has 2 N–H and O–H groups in total. The Bertz CT molecular complexity index is 1090. The maximum absolute atomic E-state index is 12.9. The van der Waals surface area contributed by atoms with Crippen molar-refractivity contribution in [1.82, 2.24) is 10.2 Å². The van der Waals surface area contributed by atoms with E-state index in [-0.39, 0.29) is 30.4 Å². The highest BCUT2D eigenvalue weighted by Crippen LogP contribution is 2.64. The van der Waals surface area contributed by atoms with Crippen LogP contribution in [-0.2, 0) is 14.3 Å². The SMILES string of the molecule is CC(C(=O)O)N(C)C(=O)C12CC(NC(=O)OCC3c4ccccc4-c4ccccc43)CC1C2. The Morgan fingerprint density at radius 1 is 1.09 bits per heavy atom. The van der Waals surface area contributed by atoms with Crippen LogP contribution in [0.5, 0.6) is 0 Å². The molecule has 2 aromatic carbocycles. The Morgan fingerprint density at radius 2 is 1.70 bits per heavy atom. The number of amides is 2. The molecule has 33 heavy (non-hydrogen) atoms. The fraction of sp³-hybridized carbons (Fsp3) is 0.423. The van der Waals surface area contributed by atoms with Gasteiger partial charge in [0.1, 0.15) is 12.6 Å². The van der Waals surface area contributed by atoms with Crippen molar-refractivity contribution in [3.05, 3.63) is 59.7 Å². The average Bonchev–Trinajstić information content (AvgIpc) is 3.24. The maximum atomic E-state index is 12.9. The number of carbonyl (C=O) groups excluding carboxylic acids is 2. The minimum Gasteiger partial charge on any atom is -0.480 e. The molecule has 4 unspecified atom stereocenters. The quantitative estimate of drug-likeness (QED) is 0.704. The molecule has 5 rings (SSSR count). The maximum Gasteiger partial charge on any atom is 0.407 e. The van der Waals surface area contributed by atoms with Crippen molar-refractivity contribution in [3.8, 4) is 11.1 Å². The van der Waals surface area contributed by atoms with Gasteiger partial charge in [-0.25, -0.2) is 9.59 Å². The van der Waals surface area contributed by atoms with E-state index in [0.717, 1.165) is 17.5 Å². The van der Waals surface area contributed by atoms with Gasteiger partial charge in [0.25, 0.3) is 0 Å². The van der Waals surface area contributed by atoms with Crippen LogP contribution in [0.15, 0.2) is 48.5 Å². The summed E-state index contributed by atoms with van der Waals surface area (Å²) < 4.78 is 5.64. The lowest BCUT2D eigenvalue weighted by Gasteiger charge is -2.26. The van der Waals surface area contributed by atoms with Gasteiger partial charge in [0.2, 0.25) is 5.91 Å². The van der Waals surface area contributed by atoms with Crippen LogP contribution in [0.25, 0.3) is 11.1 Å². The zero-order chi connectivity index (χ0) is 23.3. The van der Waals surface area contributed by atoms with E-state index >= 15 is 0 Å². The topological polar surface area (TPSA) is 95.9 Å². The number of hydrogen-bond acceptors (Lipinski definition) is 4. The number of nitrogens with one attached hydrogen (secondary N) is 1. The number of carbonyl (C=O) groups is 3. The molecule has 0 heterocycles. The van der Waals surface area contributed by atoms with E-state index < -0.39 is 23.5 Å². The van der Waals surface area contributed by atoms with Gasteiger partial charge in [0, 0.05) is 19.0 Å². The van der Waals surface area contributed by atoms with E-state index in [4.69, 9.17) is 4.74 Å². The molecule has 2 aromatic rings. The highest BCUT2D eigenvalue weighted by Gasteiger charge is 2.66. The van der Waals surface area contributed by atoms with Crippen molar-refractivity contribution in [2.75, 3.05) is 13.7 Å². The van der Waals surface area contributed by atoms with E-state index in [1.165, 1.54) is 30.0 Å². The van der Waals surface area contributed by atoms with E-state index in [2.05, 4.69) is 29.6 Å². The van der Waals surface area contributed by atoms with Gasteiger partial charge >= 0.3 is 12.1 Å². The number of likely N-dealkylation sites (N-methyl/N-ethyl adjacent to an activating group) is 1. The molecule has 7 nitrogen and oxygen atoms in total. The fourth-order valence-corrected chi connectivity index (χ4v) is 5.76. The van der Waals surface area contributed by atoms with Crippen molar-refractivity contribution in [3.63, 3.8) is 0 Å². The van der Waals surface area contributed by atoms with Crippen LogP contribution in [0.4, 0.5) is 4.79 Å². The van der Waals surface area contributed by atoms with Gasteiger partial charge in [-0.2, -0.15) is 0 Å². The van der Waals surface area contributed by atoms with Gasteiger partial charge in [-0.05, 0) is 54.4 Å². The van der Waals surface area contributed by atoms with Gasteiger partial charge in [0.15, 0.2) is 0 Å². The lowest BCUT2D eigenvalue weighted by atomic mass is 9.98. The van der Waals surface area contributed by atoms with Gasteiger partial charge < -0.3 is 20.1 Å².